The summed E-state index contributed by atoms with van der Waals surface area (Å²) in [5.74, 6) is -6.75. The van der Waals surface area contributed by atoms with E-state index in [1.807, 2.05) is 0 Å². The van der Waals surface area contributed by atoms with Crippen molar-refractivity contribution in [1.29, 1.82) is 10.5 Å². The van der Waals surface area contributed by atoms with Gasteiger partial charge in [0.25, 0.3) is 0 Å². The molecule has 0 aliphatic rings. The van der Waals surface area contributed by atoms with Gasteiger partial charge in [0.15, 0.2) is 11.6 Å². The molecule has 0 N–H and O–H groups in total. The zero-order valence-corrected chi connectivity index (χ0v) is 13.0. The highest BCUT2D eigenvalue weighted by Gasteiger charge is 2.27. The number of nitriles is 2. The van der Waals surface area contributed by atoms with Crippen LogP contribution in [0.5, 0.6) is 11.5 Å². The van der Waals surface area contributed by atoms with Gasteiger partial charge in [0.1, 0.15) is 29.0 Å². The Labute approximate surface area is 140 Å². The topological polar surface area (TPSA) is 83.1 Å². The number of carbonyl (C=O) groups excluding carboxylic acids is 1. The molecule has 0 radical (unpaired) electrons. The van der Waals surface area contributed by atoms with Gasteiger partial charge in [0.05, 0.1) is 12.7 Å². The molecule has 0 atom stereocenters. The highest BCUT2D eigenvalue weighted by atomic mass is 19.2. The Balaban J connectivity index is 2.56. The van der Waals surface area contributed by atoms with Gasteiger partial charge in [-0.05, 0) is 30.7 Å². The fourth-order valence-corrected chi connectivity index (χ4v) is 2.06. The van der Waals surface area contributed by atoms with Crippen LogP contribution in [0.15, 0.2) is 18.2 Å². The Morgan fingerprint density at radius 1 is 1.04 bits per heavy atom. The van der Waals surface area contributed by atoms with Gasteiger partial charge in [-0.3, -0.25) is 0 Å². The summed E-state index contributed by atoms with van der Waals surface area (Å²) in [6.45, 7) is 1.49. The summed E-state index contributed by atoms with van der Waals surface area (Å²) >= 11 is 0. The van der Waals surface area contributed by atoms with E-state index in [1.54, 1.807) is 0 Å². The number of hydrogen-bond acceptors (Lipinski definition) is 5. The van der Waals surface area contributed by atoms with Crippen molar-refractivity contribution in [2.75, 3.05) is 7.11 Å². The van der Waals surface area contributed by atoms with Crippen LogP contribution in [0.2, 0.25) is 0 Å². The van der Waals surface area contributed by atoms with Crippen LogP contribution in [-0.4, -0.2) is 13.1 Å². The lowest BCUT2D eigenvalue weighted by molar-refractivity contribution is 0.0600. The first-order chi connectivity index (χ1) is 11.8. The third-order valence-corrected chi connectivity index (χ3v) is 3.31. The number of aryl methyl sites for hydroxylation is 1. The number of carbonyl (C=O) groups is 1. The van der Waals surface area contributed by atoms with Crippen molar-refractivity contribution in [2.45, 2.75) is 6.92 Å². The van der Waals surface area contributed by atoms with Crippen molar-refractivity contribution < 1.29 is 27.4 Å². The zero-order chi connectivity index (χ0) is 18.7. The lowest BCUT2D eigenvalue weighted by Gasteiger charge is -2.13. The number of nitrogens with zero attached hydrogens (tertiary/aromatic N) is 2. The molecule has 0 aromatic heterocycles. The highest BCUT2D eigenvalue weighted by molar-refractivity contribution is 5.89. The van der Waals surface area contributed by atoms with Gasteiger partial charge in [-0.1, -0.05) is 0 Å². The minimum Gasteiger partial charge on any atom is -0.465 e. The molecule has 0 aliphatic carbocycles. The molecule has 8 heteroatoms. The Morgan fingerprint density at radius 2 is 1.64 bits per heavy atom. The van der Waals surface area contributed by atoms with E-state index in [9.17, 15) is 18.0 Å². The molecular weight excluding hydrogens is 337 g/mol. The molecule has 25 heavy (non-hydrogen) atoms. The van der Waals surface area contributed by atoms with Crippen molar-refractivity contribution >= 4 is 5.97 Å². The smallest absolute Gasteiger partial charge is 0.337 e. The molecule has 0 spiro atoms. The second-order valence-corrected chi connectivity index (χ2v) is 4.82. The first kappa shape index (κ1) is 17.8. The lowest BCUT2D eigenvalue weighted by atomic mass is 10.1. The monoisotopic (exact) mass is 346 g/mol. The Morgan fingerprint density at radius 3 is 2.16 bits per heavy atom. The third kappa shape index (κ3) is 3.10. The Bertz CT molecular complexity index is 959. The highest BCUT2D eigenvalue weighted by Crippen LogP contribution is 2.35. The van der Waals surface area contributed by atoms with E-state index in [0.29, 0.717) is 5.56 Å². The summed E-state index contributed by atoms with van der Waals surface area (Å²) in [5.41, 5.74) is -1.51. The molecule has 126 valence electrons. The molecule has 0 saturated carbocycles. The first-order valence-electron chi connectivity index (χ1n) is 6.73. The van der Waals surface area contributed by atoms with Crippen LogP contribution in [-0.2, 0) is 4.74 Å². The average Bonchev–Trinajstić information content (AvgIpc) is 2.61. The van der Waals surface area contributed by atoms with Crippen molar-refractivity contribution in [3.63, 3.8) is 0 Å². The van der Waals surface area contributed by atoms with E-state index in [4.69, 9.17) is 15.3 Å². The maximum absolute atomic E-state index is 14.3. The Hall–Kier alpha value is -3.52. The second kappa shape index (κ2) is 6.93. The standard InChI is InChI=1S/C17H9F3N2O3/c1-8-5-9(17(23)24-2)3-4-12(8)25-16-14(19)11(7-22)10(6-21)13(18)15(16)20/h3-5H,1-2H3. The van der Waals surface area contributed by atoms with E-state index >= 15 is 0 Å². The van der Waals surface area contributed by atoms with Crippen LogP contribution in [0.25, 0.3) is 0 Å². The summed E-state index contributed by atoms with van der Waals surface area (Å²) < 4.78 is 51.7. The maximum atomic E-state index is 14.3. The number of ether oxygens (including phenoxy) is 2. The van der Waals surface area contributed by atoms with Crippen LogP contribution in [0.4, 0.5) is 13.2 Å². The van der Waals surface area contributed by atoms with Crippen LogP contribution >= 0.6 is 0 Å². The molecule has 0 unspecified atom stereocenters. The average molecular weight is 346 g/mol. The van der Waals surface area contributed by atoms with Crippen LogP contribution in [0.1, 0.15) is 27.0 Å². The van der Waals surface area contributed by atoms with Gasteiger partial charge in [0, 0.05) is 0 Å². The molecule has 0 amide bonds. The van der Waals surface area contributed by atoms with E-state index in [0.717, 1.165) is 0 Å². The Kier molecular flexibility index (Phi) is 4.94. The minimum absolute atomic E-state index is 0.0709. The van der Waals surface area contributed by atoms with Crippen molar-refractivity contribution in [3.8, 4) is 23.6 Å². The SMILES string of the molecule is COC(=O)c1ccc(Oc2c(F)c(F)c(C#N)c(C#N)c2F)c(C)c1. The largest absolute Gasteiger partial charge is 0.465 e. The van der Waals surface area contributed by atoms with Gasteiger partial charge in [-0.25, -0.2) is 13.6 Å². The molecule has 2 rings (SSSR count). The zero-order valence-electron chi connectivity index (χ0n) is 13.0. The predicted octanol–water partition coefficient (Wildman–Crippen LogP) is 3.73. The fraction of sp³-hybridized carbons (Fsp3) is 0.118. The van der Waals surface area contributed by atoms with Crippen LogP contribution in [0.3, 0.4) is 0 Å². The van der Waals surface area contributed by atoms with Gasteiger partial charge in [0.2, 0.25) is 11.6 Å². The summed E-state index contributed by atoms with van der Waals surface area (Å²) in [5, 5.41) is 17.6. The normalized spacial score (nSPS) is 9.88. The number of hydrogen-bond donors (Lipinski definition) is 0. The van der Waals surface area contributed by atoms with Crippen LogP contribution < -0.4 is 4.74 Å². The summed E-state index contributed by atoms with van der Waals surface area (Å²) in [7, 11) is 1.19. The quantitative estimate of drug-likeness (QED) is 0.624. The second-order valence-electron chi connectivity index (χ2n) is 4.82. The molecule has 0 aliphatic heterocycles. The molecule has 0 saturated heterocycles. The number of esters is 1. The number of benzene rings is 2. The molecule has 2 aromatic carbocycles. The van der Waals surface area contributed by atoms with Gasteiger partial charge in [-0.15, -0.1) is 0 Å². The van der Waals surface area contributed by atoms with Crippen LogP contribution in [0, 0.1) is 47.0 Å². The van der Waals surface area contributed by atoms with Crippen molar-refractivity contribution in [3.05, 3.63) is 57.9 Å². The van der Waals surface area contributed by atoms with E-state index in [2.05, 4.69) is 4.74 Å². The van der Waals surface area contributed by atoms with E-state index < -0.39 is 40.3 Å². The first-order valence-corrected chi connectivity index (χ1v) is 6.73. The van der Waals surface area contributed by atoms with E-state index in [1.165, 1.54) is 44.4 Å². The number of rotatable bonds is 3. The summed E-state index contributed by atoms with van der Waals surface area (Å²) in [6, 6.07) is 6.43. The summed E-state index contributed by atoms with van der Waals surface area (Å²) in [4.78, 5) is 11.4. The summed E-state index contributed by atoms with van der Waals surface area (Å²) in [6.07, 6.45) is 0. The molecule has 0 heterocycles. The van der Waals surface area contributed by atoms with Crippen molar-refractivity contribution in [1.82, 2.24) is 0 Å². The minimum atomic E-state index is -1.73. The molecular formula is C17H9F3N2O3. The number of halogens is 3. The number of methoxy groups -OCH3 is 1. The third-order valence-electron chi connectivity index (χ3n) is 3.31. The lowest BCUT2D eigenvalue weighted by Crippen LogP contribution is -2.05. The molecule has 2 aromatic rings. The predicted molar refractivity (Wildman–Crippen MR) is 78.3 cm³/mol. The van der Waals surface area contributed by atoms with Gasteiger partial charge in [-0.2, -0.15) is 14.9 Å². The molecule has 0 bridgehead atoms. The molecule has 0 fully saturated rings. The molecule has 5 nitrogen and oxygen atoms in total. The fourth-order valence-electron chi connectivity index (χ4n) is 2.06. The van der Waals surface area contributed by atoms with E-state index in [-0.39, 0.29) is 11.3 Å². The maximum Gasteiger partial charge on any atom is 0.337 e. The van der Waals surface area contributed by atoms with Gasteiger partial charge < -0.3 is 9.47 Å². The van der Waals surface area contributed by atoms with Crippen molar-refractivity contribution in [2.24, 2.45) is 0 Å². The van der Waals surface area contributed by atoms with Gasteiger partial charge >= 0.3 is 5.97 Å².